The third-order valence-electron chi connectivity index (χ3n) is 5.27. The zero-order valence-corrected chi connectivity index (χ0v) is 15.4. The van der Waals surface area contributed by atoms with Crippen molar-refractivity contribution in [1.82, 2.24) is 25.1 Å². The molecule has 3 heterocycles. The third kappa shape index (κ3) is 3.17. The minimum Gasteiger partial charge on any atom is -0.338 e. The number of aromatic nitrogens is 4. The Morgan fingerprint density at radius 3 is 2.71 bits per heavy atom. The van der Waals surface area contributed by atoms with Crippen LogP contribution in [0.2, 0.25) is 0 Å². The van der Waals surface area contributed by atoms with Crippen molar-refractivity contribution in [2.75, 3.05) is 23.3 Å². The molecule has 2 aromatic heterocycles. The molecule has 2 aliphatic rings. The van der Waals surface area contributed by atoms with Crippen LogP contribution in [0.5, 0.6) is 0 Å². The van der Waals surface area contributed by atoms with E-state index in [1.54, 1.807) is 11.1 Å². The molecule has 5 rings (SSSR count). The van der Waals surface area contributed by atoms with Crippen molar-refractivity contribution in [2.24, 2.45) is 0 Å². The van der Waals surface area contributed by atoms with Gasteiger partial charge in [-0.25, -0.2) is 14.8 Å². The molecule has 142 valence electrons. The van der Waals surface area contributed by atoms with E-state index in [0.29, 0.717) is 25.0 Å². The summed E-state index contributed by atoms with van der Waals surface area (Å²) in [4.78, 5) is 22.5. The van der Waals surface area contributed by atoms with Gasteiger partial charge in [0.15, 0.2) is 5.82 Å². The van der Waals surface area contributed by atoms with Crippen molar-refractivity contribution in [3.8, 4) is 11.4 Å². The Labute approximate surface area is 162 Å². The number of carbonyl (C=O) groups is 1. The standard InChI is InChI=1S/C20H21N7O/c28-20-22-10-11-26(20)16-6-4-14(5-7-16)19-21-9-8-18(25-19)24-15-12-23-27(13-15)17-2-1-3-17/h4-9,12-13,17H,1-3,10-11H2,(H,22,28)(H,21,24,25). The summed E-state index contributed by atoms with van der Waals surface area (Å²) in [6.45, 7) is 1.36. The molecule has 2 amide bonds. The molecule has 1 aliphatic heterocycles. The van der Waals surface area contributed by atoms with E-state index in [-0.39, 0.29) is 6.03 Å². The molecule has 0 bridgehead atoms. The summed E-state index contributed by atoms with van der Waals surface area (Å²) in [5, 5.41) is 10.6. The van der Waals surface area contributed by atoms with Crippen molar-refractivity contribution in [3.05, 3.63) is 48.9 Å². The molecular weight excluding hydrogens is 354 g/mol. The molecule has 0 radical (unpaired) electrons. The number of nitrogens with one attached hydrogen (secondary N) is 2. The lowest BCUT2D eigenvalue weighted by Crippen LogP contribution is -2.27. The maximum absolute atomic E-state index is 11.8. The van der Waals surface area contributed by atoms with Crippen LogP contribution in [0.1, 0.15) is 25.3 Å². The molecule has 1 saturated carbocycles. The Balaban J connectivity index is 1.32. The van der Waals surface area contributed by atoms with Crippen LogP contribution in [0.15, 0.2) is 48.9 Å². The van der Waals surface area contributed by atoms with Gasteiger partial charge in [0.2, 0.25) is 0 Å². The molecule has 0 unspecified atom stereocenters. The Morgan fingerprint density at radius 2 is 2.00 bits per heavy atom. The van der Waals surface area contributed by atoms with Gasteiger partial charge in [-0.2, -0.15) is 5.10 Å². The summed E-state index contributed by atoms with van der Waals surface area (Å²) in [5.41, 5.74) is 2.69. The molecule has 0 atom stereocenters. The van der Waals surface area contributed by atoms with Gasteiger partial charge in [0.05, 0.1) is 17.9 Å². The second kappa shape index (κ2) is 6.95. The highest BCUT2D eigenvalue weighted by molar-refractivity contribution is 5.94. The Bertz CT molecular complexity index is 994. The van der Waals surface area contributed by atoms with Crippen LogP contribution in [0.25, 0.3) is 11.4 Å². The molecule has 28 heavy (non-hydrogen) atoms. The molecule has 8 nitrogen and oxygen atoms in total. The van der Waals surface area contributed by atoms with Crippen molar-refractivity contribution >= 4 is 23.2 Å². The lowest BCUT2D eigenvalue weighted by Gasteiger charge is -2.25. The molecule has 2 fully saturated rings. The first-order valence-corrected chi connectivity index (χ1v) is 9.56. The monoisotopic (exact) mass is 375 g/mol. The number of benzene rings is 1. The third-order valence-corrected chi connectivity index (χ3v) is 5.27. The number of hydrogen-bond acceptors (Lipinski definition) is 5. The molecule has 2 N–H and O–H groups in total. The van der Waals surface area contributed by atoms with Crippen LogP contribution in [0.4, 0.5) is 22.0 Å². The van der Waals surface area contributed by atoms with Crippen molar-refractivity contribution in [3.63, 3.8) is 0 Å². The highest BCUT2D eigenvalue weighted by Gasteiger charge is 2.21. The van der Waals surface area contributed by atoms with Gasteiger partial charge in [-0.1, -0.05) is 0 Å². The first kappa shape index (κ1) is 16.7. The van der Waals surface area contributed by atoms with Crippen LogP contribution in [-0.4, -0.2) is 38.9 Å². The van der Waals surface area contributed by atoms with Crippen LogP contribution >= 0.6 is 0 Å². The molecule has 1 aromatic carbocycles. The van der Waals surface area contributed by atoms with E-state index in [4.69, 9.17) is 0 Å². The maximum atomic E-state index is 11.8. The predicted molar refractivity (Wildman–Crippen MR) is 107 cm³/mol. The van der Waals surface area contributed by atoms with Gasteiger partial charge in [-0.3, -0.25) is 9.58 Å². The van der Waals surface area contributed by atoms with Gasteiger partial charge >= 0.3 is 6.03 Å². The van der Waals surface area contributed by atoms with Crippen LogP contribution in [0, 0.1) is 0 Å². The summed E-state index contributed by atoms with van der Waals surface area (Å²) < 4.78 is 2.03. The lowest BCUT2D eigenvalue weighted by atomic mass is 9.93. The second-order valence-corrected chi connectivity index (χ2v) is 7.11. The van der Waals surface area contributed by atoms with Crippen molar-refractivity contribution in [1.29, 1.82) is 0 Å². The highest BCUT2D eigenvalue weighted by Crippen LogP contribution is 2.31. The van der Waals surface area contributed by atoms with Gasteiger partial charge in [-0.05, 0) is 49.6 Å². The van der Waals surface area contributed by atoms with Gasteiger partial charge in [0.25, 0.3) is 0 Å². The van der Waals surface area contributed by atoms with Crippen LogP contribution < -0.4 is 15.5 Å². The Morgan fingerprint density at radius 1 is 1.14 bits per heavy atom. The summed E-state index contributed by atoms with van der Waals surface area (Å²) >= 11 is 0. The van der Waals surface area contributed by atoms with Crippen molar-refractivity contribution < 1.29 is 4.79 Å². The smallest absolute Gasteiger partial charge is 0.321 e. The van der Waals surface area contributed by atoms with E-state index >= 15 is 0 Å². The molecule has 1 aliphatic carbocycles. The molecule has 3 aromatic rings. The Kier molecular flexibility index (Phi) is 4.16. The maximum Gasteiger partial charge on any atom is 0.321 e. The van der Waals surface area contributed by atoms with Gasteiger partial charge < -0.3 is 10.6 Å². The number of nitrogens with zero attached hydrogens (tertiary/aromatic N) is 5. The molecule has 0 spiro atoms. The lowest BCUT2D eigenvalue weighted by molar-refractivity contribution is 0.252. The van der Waals surface area contributed by atoms with E-state index in [2.05, 4.69) is 25.7 Å². The normalized spacial score (nSPS) is 16.7. The van der Waals surface area contributed by atoms with Crippen molar-refractivity contribution in [2.45, 2.75) is 25.3 Å². The van der Waals surface area contributed by atoms with Gasteiger partial charge in [-0.15, -0.1) is 0 Å². The number of amides is 2. The van der Waals surface area contributed by atoms with Gasteiger partial charge in [0.1, 0.15) is 5.82 Å². The fourth-order valence-electron chi connectivity index (χ4n) is 3.48. The summed E-state index contributed by atoms with van der Waals surface area (Å²) in [7, 11) is 0. The van der Waals surface area contributed by atoms with E-state index in [1.165, 1.54) is 19.3 Å². The number of urea groups is 1. The topological polar surface area (TPSA) is 88.0 Å². The SMILES string of the molecule is O=C1NCCN1c1ccc(-c2nccc(Nc3cnn(C4CCC4)c3)n2)cc1. The Hall–Kier alpha value is -3.42. The van der Waals surface area contributed by atoms with Crippen LogP contribution in [-0.2, 0) is 0 Å². The van der Waals surface area contributed by atoms with E-state index < -0.39 is 0 Å². The molecule has 1 saturated heterocycles. The first-order chi connectivity index (χ1) is 13.8. The van der Waals surface area contributed by atoms with Crippen LogP contribution in [0.3, 0.4) is 0 Å². The average molecular weight is 375 g/mol. The molecule has 8 heteroatoms. The average Bonchev–Trinajstić information content (AvgIpc) is 3.30. The number of rotatable bonds is 5. The summed E-state index contributed by atoms with van der Waals surface area (Å²) in [6, 6.07) is 10.0. The minimum atomic E-state index is -0.0577. The largest absolute Gasteiger partial charge is 0.338 e. The predicted octanol–water partition coefficient (Wildman–Crippen LogP) is 3.34. The molecular formula is C20H21N7O. The fourth-order valence-corrected chi connectivity index (χ4v) is 3.48. The zero-order valence-electron chi connectivity index (χ0n) is 15.4. The minimum absolute atomic E-state index is 0.0577. The number of carbonyl (C=O) groups excluding carboxylic acids is 1. The first-order valence-electron chi connectivity index (χ1n) is 9.56. The summed E-state index contributed by atoms with van der Waals surface area (Å²) in [6.07, 6.45) is 9.28. The second-order valence-electron chi connectivity index (χ2n) is 7.11. The number of anilines is 3. The van der Waals surface area contributed by atoms with Gasteiger partial charge in [0, 0.05) is 36.7 Å². The summed E-state index contributed by atoms with van der Waals surface area (Å²) in [5.74, 6) is 1.36. The van der Waals surface area contributed by atoms with E-state index in [9.17, 15) is 4.79 Å². The highest BCUT2D eigenvalue weighted by atomic mass is 16.2. The fraction of sp³-hybridized carbons (Fsp3) is 0.300. The zero-order chi connectivity index (χ0) is 18.9. The number of hydrogen-bond donors (Lipinski definition) is 2. The van der Waals surface area contributed by atoms with E-state index in [1.807, 2.05) is 47.4 Å². The quantitative estimate of drug-likeness (QED) is 0.714. The van der Waals surface area contributed by atoms with E-state index in [0.717, 1.165) is 22.8 Å².